The molecule has 15 heavy (non-hydrogen) atoms. The third-order valence-electron chi connectivity index (χ3n) is 2.65. The maximum absolute atomic E-state index is 5.93. The van der Waals surface area contributed by atoms with Gasteiger partial charge in [-0.2, -0.15) is 0 Å². The van der Waals surface area contributed by atoms with Gasteiger partial charge in [0.1, 0.15) is 0 Å². The van der Waals surface area contributed by atoms with Crippen LogP contribution in [-0.4, -0.2) is 50.1 Å². The Hall–Kier alpha value is -0.160. The standard InChI is InChI=1S/C11H24N2O2/c1-3-14-11(15-4-2)9-13-7-5-6-10(12)8-13/h10-11H,3-9,12H2,1-2H3/t10-/m1/s1. The Labute approximate surface area is 92.7 Å². The van der Waals surface area contributed by atoms with Crippen molar-refractivity contribution in [2.45, 2.75) is 39.0 Å². The van der Waals surface area contributed by atoms with E-state index >= 15 is 0 Å². The fraction of sp³-hybridized carbons (Fsp3) is 1.00. The first kappa shape index (κ1) is 12.9. The van der Waals surface area contributed by atoms with Gasteiger partial charge in [-0.25, -0.2) is 0 Å². The van der Waals surface area contributed by atoms with Crippen LogP contribution in [0.25, 0.3) is 0 Å². The molecule has 0 aliphatic carbocycles. The Balaban J connectivity index is 2.28. The molecular formula is C11H24N2O2. The quantitative estimate of drug-likeness (QED) is 0.667. The summed E-state index contributed by atoms with van der Waals surface area (Å²) >= 11 is 0. The first-order valence-electron chi connectivity index (χ1n) is 5.97. The molecule has 0 aromatic heterocycles. The maximum Gasteiger partial charge on any atom is 0.170 e. The van der Waals surface area contributed by atoms with Gasteiger partial charge in [0.2, 0.25) is 0 Å². The number of hydrogen-bond donors (Lipinski definition) is 1. The maximum atomic E-state index is 5.93. The summed E-state index contributed by atoms with van der Waals surface area (Å²) in [4.78, 5) is 2.34. The molecule has 1 aliphatic rings. The molecule has 0 saturated carbocycles. The van der Waals surface area contributed by atoms with Crippen LogP contribution < -0.4 is 5.73 Å². The Morgan fingerprint density at radius 1 is 1.33 bits per heavy atom. The fourth-order valence-electron chi connectivity index (χ4n) is 1.99. The minimum Gasteiger partial charge on any atom is -0.352 e. The topological polar surface area (TPSA) is 47.7 Å². The molecule has 1 fully saturated rings. The fourth-order valence-corrected chi connectivity index (χ4v) is 1.99. The molecule has 1 atom stereocenters. The number of nitrogens with two attached hydrogens (primary N) is 1. The van der Waals surface area contributed by atoms with E-state index in [1.165, 1.54) is 6.42 Å². The molecule has 0 bridgehead atoms. The van der Waals surface area contributed by atoms with Crippen molar-refractivity contribution in [1.29, 1.82) is 0 Å². The summed E-state index contributed by atoms with van der Waals surface area (Å²) in [7, 11) is 0. The first-order chi connectivity index (χ1) is 7.26. The summed E-state index contributed by atoms with van der Waals surface area (Å²) in [6, 6.07) is 0.322. The molecule has 0 radical (unpaired) electrons. The Kier molecular flexibility index (Phi) is 6.17. The molecule has 90 valence electrons. The number of likely N-dealkylation sites (tertiary alicyclic amines) is 1. The number of piperidine rings is 1. The van der Waals surface area contributed by atoms with Crippen molar-refractivity contribution in [3.05, 3.63) is 0 Å². The van der Waals surface area contributed by atoms with Crippen molar-refractivity contribution in [3.63, 3.8) is 0 Å². The molecule has 0 unspecified atom stereocenters. The van der Waals surface area contributed by atoms with Crippen molar-refractivity contribution in [2.75, 3.05) is 32.8 Å². The molecular weight excluding hydrogens is 192 g/mol. The second-order valence-electron chi connectivity index (χ2n) is 4.00. The molecule has 0 spiro atoms. The van der Waals surface area contributed by atoms with E-state index in [4.69, 9.17) is 15.2 Å². The molecule has 1 rings (SSSR count). The third kappa shape index (κ3) is 4.93. The number of nitrogens with zero attached hydrogens (tertiary/aromatic N) is 1. The van der Waals surface area contributed by atoms with Crippen LogP contribution in [0.2, 0.25) is 0 Å². The van der Waals surface area contributed by atoms with Crippen molar-refractivity contribution in [1.82, 2.24) is 4.90 Å². The summed E-state index contributed by atoms with van der Waals surface area (Å²) in [5.41, 5.74) is 5.93. The van der Waals surface area contributed by atoms with Crippen LogP contribution in [0.3, 0.4) is 0 Å². The zero-order chi connectivity index (χ0) is 11.1. The van der Waals surface area contributed by atoms with E-state index in [1.807, 2.05) is 13.8 Å². The number of rotatable bonds is 6. The van der Waals surface area contributed by atoms with E-state index < -0.39 is 0 Å². The Morgan fingerprint density at radius 3 is 2.53 bits per heavy atom. The average molecular weight is 216 g/mol. The molecule has 0 aromatic rings. The molecule has 1 aliphatic heterocycles. The molecule has 4 heteroatoms. The highest BCUT2D eigenvalue weighted by Crippen LogP contribution is 2.10. The van der Waals surface area contributed by atoms with Gasteiger partial charge >= 0.3 is 0 Å². The van der Waals surface area contributed by atoms with E-state index in [0.29, 0.717) is 19.3 Å². The summed E-state index contributed by atoms with van der Waals surface area (Å²) < 4.78 is 11.0. The lowest BCUT2D eigenvalue weighted by Crippen LogP contribution is -2.46. The van der Waals surface area contributed by atoms with Gasteiger partial charge in [0.05, 0.1) is 0 Å². The van der Waals surface area contributed by atoms with E-state index in [2.05, 4.69) is 4.90 Å². The summed E-state index contributed by atoms with van der Waals surface area (Å²) in [5.74, 6) is 0. The van der Waals surface area contributed by atoms with Gasteiger partial charge in [-0.1, -0.05) is 0 Å². The predicted octanol–water partition coefficient (Wildman–Crippen LogP) is 0.809. The monoisotopic (exact) mass is 216 g/mol. The molecule has 1 saturated heterocycles. The summed E-state index contributed by atoms with van der Waals surface area (Å²) in [6.45, 7) is 8.31. The van der Waals surface area contributed by atoms with E-state index in [1.54, 1.807) is 0 Å². The highest BCUT2D eigenvalue weighted by atomic mass is 16.7. The van der Waals surface area contributed by atoms with Crippen molar-refractivity contribution in [2.24, 2.45) is 5.73 Å². The Morgan fingerprint density at radius 2 is 2.00 bits per heavy atom. The molecule has 4 nitrogen and oxygen atoms in total. The van der Waals surface area contributed by atoms with Crippen molar-refractivity contribution in [3.8, 4) is 0 Å². The number of ether oxygens (including phenoxy) is 2. The number of hydrogen-bond acceptors (Lipinski definition) is 4. The van der Waals surface area contributed by atoms with Crippen LogP contribution >= 0.6 is 0 Å². The van der Waals surface area contributed by atoms with Crippen molar-refractivity contribution < 1.29 is 9.47 Å². The van der Waals surface area contributed by atoms with Gasteiger partial charge in [0, 0.05) is 32.3 Å². The van der Waals surface area contributed by atoms with E-state index in [-0.39, 0.29) is 6.29 Å². The zero-order valence-corrected chi connectivity index (χ0v) is 9.95. The summed E-state index contributed by atoms with van der Waals surface area (Å²) in [6.07, 6.45) is 2.24. The Bertz CT molecular complexity index is 158. The van der Waals surface area contributed by atoms with Gasteiger partial charge < -0.3 is 15.2 Å². The molecule has 1 heterocycles. The minimum absolute atomic E-state index is 0.0923. The van der Waals surface area contributed by atoms with Crippen LogP contribution in [0.5, 0.6) is 0 Å². The van der Waals surface area contributed by atoms with Gasteiger partial charge in [0.25, 0.3) is 0 Å². The predicted molar refractivity (Wildman–Crippen MR) is 60.7 cm³/mol. The molecule has 2 N–H and O–H groups in total. The third-order valence-corrected chi connectivity index (χ3v) is 2.65. The normalized spacial score (nSPS) is 23.6. The highest BCUT2D eigenvalue weighted by Gasteiger charge is 2.20. The second-order valence-corrected chi connectivity index (χ2v) is 4.00. The smallest absolute Gasteiger partial charge is 0.170 e. The first-order valence-corrected chi connectivity index (χ1v) is 5.97. The van der Waals surface area contributed by atoms with Gasteiger partial charge in [-0.05, 0) is 33.2 Å². The highest BCUT2D eigenvalue weighted by molar-refractivity contribution is 4.75. The van der Waals surface area contributed by atoms with Crippen LogP contribution in [0.4, 0.5) is 0 Å². The van der Waals surface area contributed by atoms with Crippen molar-refractivity contribution >= 4 is 0 Å². The SMILES string of the molecule is CCOC(CN1CCC[C@@H](N)C1)OCC. The average Bonchev–Trinajstić information content (AvgIpc) is 2.18. The van der Waals surface area contributed by atoms with E-state index in [9.17, 15) is 0 Å². The lowest BCUT2D eigenvalue weighted by molar-refractivity contribution is -0.148. The van der Waals surface area contributed by atoms with Crippen LogP contribution in [-0.2, 0) is 9.47 Å². The van der Waals surface area contributed by atoms with Gasteiger partial charge in [-0.3, -0.25) is 4.90 Å². The second kappa shape index (κ2) is 7.17. The molecule has 0 aromatic carbocycles. The van der Waals surface area contributed by atoms with Gasteiger partial charge in [-0.15, -0.1) is 0 Å². The largest absolute Gasteiger partial charge is 0.352 e. The van der Waals surface area contributed by atoms with Crippen LogP contribution in [0, 0.1) is 0 Å². The lowest BCUT2D eigenvalue weighted by atomic mass is 10.1. The zero-order valence-electron chi connectivity index (χ0n) is 9.95. The lowest BCUT2D eigenvalue weighted by Gasteiger charge is -2.33. The molecule has 0 amide bonds. The minimum atomic E-state index is -0.0923. The van der Waals surface area contributed by atoms with Crippen LogP contribution in [0.15, 0.2) is 0 Å². The van der Waals surface area contributed by atoms with Crippen LogP contribution in [0.1, 0.15) is 26.7 Å². The summed E-state index contributed by atoms with van der Waals surface area (Å²) in [5, 5.41) is 0. The van der Waals surface area contributed by atoms with E-state index in [0.717, 1.165) is 26.1 Å². The van der Waals surface area contributed by atoms with Gasteiger partial charge in [0.15, 0.2) is 6.29 Å².